The van der Waals surface area contributed by atoms with Gasteiger partial charge in [0.1, 0.15) is 30.3 Å². The van der Waals surface area contributed by atoms with Crippen molar-refractivity contribution < 1.29 is 14.3 Å². The highest BCUT2D eigenvalue weighted by Crippen LogP contribution is 2.35. The summed E-state index contributed by atoms with van der Waals surface area (Å²) < 4.78 is 12.0. The Morgan fingerprint density at radius 2 is 1.92 bits per heavy atom. The van der Waals surface area contributed by atoms with Crippen LogP contribution in [0, 0.1) is 5.92 Å². The molecule has 9 heteroatoms. The number of benzene rings is 2. The number of hydrogen-bond acceptors (Lipinski definition) is 7. The molecule has 0 bridgehead atoms. The number of anilines is 3. The van der Waals surface area contributed by atoms with Crippen LogP contribution >= 0.6 is 11.6 Å². The lowest BCUT2D eigenvalue weighted by atomic mass is 10.1. The third kappa shape index (κ3) is 6.83. The maximum Gasteiger partial charge on any atom is 0.247 e. The Hall–Kier alpha value is -4.17. The van der Waals surface area contributed by atoms with E-state index >= 15 is 0 Å². The minimum absolute atomic E-state index is 0.314. The molecule has 1 fully saturated rings. The second kappa shape index (κ2) is 12.6. The SMILES string of the molecule is C=CC(=O)Nc1cc2c(Nc3ccc(OCc4ccccn4)c(Cl)c3)ncnc2cc1OCCC1CCCC1. The number of pyridine rings is 1. The Labute approximate surface area is 232 Å². The molecule has 1 aliphatic rings. The number of nitrogens with one attached hydrogen (secondary N) is 2. The van der Waals surface area contributed by atoms with Crippen molar-refractivity contribution in [2.24, 2.45) is 5.92 Å². The Kier molecular flexibility index (Phi) is 8.53. The molecule has 1 amide bonds. The molecule has 200 valence electrons. The molecule has 8 nitrogen and oxygen atoms in total. The molecule has 0 unspecified atom stereocenters. The minimum atomic E-state index is -0.325. The number of rotatable bonds is 11. The lowest BCUT2D eigenvalue weighted by Crippen LogP contribution is -2.11. The monoisotopic (exact) mass is 543 g/mol. The average molecular weight is 544 g/mol. The summed E-state index contributed by atoms with van der Waals surface area (Å²) in [4.78, 5) is 25.3. The number of nitrogens with zero attached hydrogens (tertiary/aromatic N) is 3. The molecule has 1 aliphatic carbocycles. The van der Waals surface area contributed by atoms with Crippen molar-refractivity contribution >= 4 is 45.6 Å². The summed E-state index contributed by atoms with van der Waals surface area (Å²) in [6.07, 6.45) is 10.5. The molecule has 2 aromatic carbocycles. The van der Waals surface area contributed by atoms with E-state index in [1.165, 1.54) is 38.1 Å². The molecule has 0 aliphatic heterocycles. The molecule has 4 aromatic rings. The Balaban J connectivity index is 1.35. The molecular formula is C30H30ClN5O3. The van der Waals surface area contributed by atoms with Gasteiger partial charge in [-0.05, 0) is 54.8 Å². The summed E-state index contributed by atoms with van der Waals surface area (Å²) in [5, 5.41) is 7.33. The standard InChI is InChI=1S/C30H30ClN5O3/c1-2-29(37)36-26-16-23-25(17-28(26)38-14-12-20-7-3-4-8-20)33-19-34-30(23)35-21-10-11-27(24(31)15-21)39-18-22-9-5-6-13-32-22/h2,5-6,9-11,13,15-17,19-20H,1,3-4,7-8,12,14,18H2,(H,36,37)(H,33,34,35). The van der Waals surface area contributed by atoms with Gasteiger partial charge in [-0.3, -0.25) is 9.78 Å². The molecule has 5 rings (SSSR count). The lowest BCUT2D eigenvalue weighted by molar-refractivity contribution is -0.111. The smallest absolute Gasteiger partial charge is 0.247 e. The van der Waals surface area contributed by atoms with Crippen LogP contribution in [0.3, 0.4) is 0 Å². The van der Waals surface area contributed by atoms with E-state index in [9.17, 15) is 4.79 Å². The second-order valence-electron chi connectivity index (χ2n) is 9.45. The van der Waals surface area contributed by atoms with Gasteiger partial charge in [-0.25, -0.2) is 9.97 Å². The van der Waals surface area contributed by atoms with E-state index in [0.717, 1.165) is 17.8 Å². The van der Waals surface area contributed by atoms with Crippen molar-refractivity contribution in [2.45, 2.75) is 38.7 Å². The van der Waals surface area contributed by atoms with Crippen molar-refractivity contribution in [1.29, 1.82) is 0 Å². The van der Waals surface area contributed by atoms with Crippen LogP contribution in [0.15, 0.2) is 73.7 Å². The first-order valence-electron chi connectivity index (χ1n) is 13.0. The van der Waals surface area contributed by atoms with Gasteiger partial charge in [-0.2, -0.15) is 0 Å². The Bertz CT molecular complexity index is 1460. The van der Waals surface area contributed by atoms with Gasteiger partial charge in [-0.15, -0.1) is 0 Å². The predicted octanol–water partition coefficient (Wildman–Crippen LogP) is 7.08. The molecule has 2 aromatic heterocycles. The van der Waals surface area contributed by atoms with Gasteiger partial charge >= 0.3 is 0 Å². The van der Waals surface area contributed by atoms with Gasteiger partial charge in [0.15, 0.2) is 0 Å². The Morgan fingerprint density at radius 3 is 2.69 bits per heavy atom. The fourth-order valence-electron chi connectivity index (χ4n) is 4.69. The molecule has 2 N–H and O–H groups in total. The first kappa shape index (κ1) is 26.4. The third-order valence-corrected chi connectivity index (χ3v) is 7.03. The summed E-state index contributed by atoms with van der Waals surface area (Å²) in [6.45, 7) is 4.46. The van der Waals surface area contributed by atoms with E-state index < -0.39 is 0 Å². The maximum atomic E-state index is 12.2. The summed E-state index contributed by atoms with van der Waals surface area (Å²) >= 11 is 6.50. The third-order valence-electron chi connectivity index (χ3n) is 6.73. The molecule has 1 saturated carbocycles. The van der Waals surface area contributed by atoms with Gasteiger partial charge in [0.05, 0.1) is 28.5 Å². The number of amides is 1. The summed E-state index contributed by atoms with van der Waals surface area (Å²) in [7, 11) is 0. The van der Waals surface area contributed by atoms with Crippen molar-refractivity contribution in [3.63, 3.8) is 0 Å². The molecule has 2 heterocycles. The van der Waals surface area contributed by atoms with Crippen molar-refractivity contribution in [3.8, 4) is 11.5 Å². The van der Waals surface area contributed by atoms with Crippen LogP contribution < -0.4 is 20.1 Å². The van der Waals surface area contributed by atoms with E-state index in [1.807, 2.05) is 36.4 Å². The van der Waals surface area contributed by atoms with E-state index in [2.05, 4.69) is 32.2 Å². The van der Waals surface area contributed by atoms with Gasteiger partial charge in [0, 0.05) is 23.3 Å². The number of carbonyl (C=O) groups is 1. The van der Waals surface area contributed by atoms with Gasteiger partial charge in [-0.1, -0.05) is 49.9 Å². The first-order valence-corrected chi connectivity index (χ1v) is 13.4. The van der Waals surface area contributed by atoms with Crippen LogP contribution in [0.25, 0.3) is 10.9 Å². The van der Waals surface area contributed by atoms with Crippen LogP contribution in [0.2, 0.25) is 5.02 Å². The molecular weight excluding hydrogens is 514 g/mol. The zero-order chi connectivity index (χ0) is 27.0. The summed E-state index contributed by atoms with van der Waals surface area (Å²) in [5.74, 6) is 2.06. The van der Waals surface area contributed by atoms with Gasteiger partial charge < -0.3 is 20.1 Å². The van der Waals surface area contributed by atoms with E-state index in [0.29, 0.717) is 58.1 Å². The highest BCUT2D eigenvalue weighted by Gasteiger charge is 2.17. The number of halogens is 1. The predicted molar refractivity (Wildman–Crippen MR) is 154 cm³/mol. The normalized spacial score (nSPS) is 13.3. The summed E-state index contributed by atoms with van der Waals surface area (Å²) in [5.41, 5.74) is 2.75. The number of carbonyl (C=O) groups excluding carboxylic acids is 1. The van der Waals surface area contributed by atoms with Gasteiger partial charge in [0.2, 0.25) is 5.91 Å². The van der Waals surface area contributed by atoms with Crippen LogP contribution in [0.1, 0.15) is 37.8 Å². The average Bonchev–Trinajstić information content (AvgIpc) is 3.47. The van der Waals surface area contributed by atoms with E-state index in [-0.39, 0.29) is 5.91 Å². The second-order valence-corrected chi connectivity index (χ2v) is 9.86. The summed E-state index contributed by atoms with van der Waals surface area (Å²) in [6, 6.07) is 14.7. The van der Waals surface area contributed by atoms with Crippen molar-refractivity contribution in [2.75, 3.05) is 17.2 Å². The van der Waals surface area contributed by atoms with Crippen LogP contribution in [-0.4, -0.2) is 27.5 Å². The number of hydrogen-bond donors (Lipinski definition) is 2. The minimum Gasteiger partial charge on any atom is -0.491 e. The van der Waals surface area contributed by atoms with E-state index in [4.69, 9.17) is 21.1 Å². The van der Waals surface area contributed by atoms with Crippen LogP contribution in [0.4, 0.5) is 17.2 Å². The number of ether oxygens (including phenoxy) is 2. The highest BCUT2D eigenvalue weighted by molar-refractivity contribution is 6.32. The number of aromatic nitrogens is 3. The zero-order valence-corrected chi connectivity index (χ0v) is 22.3. The lowest BCUT2D eigenvalue weighted by Gasteiger charge is -2.16. The molecule has 39 heavy (non-hydrogen) atoms. The molecule has 0 radical (unpaired) electrons. The quantitative estimate of drug-likeness (QED) is 0.195. The molecule has 0 atom stereocenters. The highest BCUT2D eigenvalue weighted by atomic mass is 35.5. The molecule has 0 saturated heterocycles. The largest absolute Gasteiger partial charge is 0.491 e. The van der Waals surface area contributed by atoms with E-state index in [1.54, 1.807) is 18.3 Å². The van der Waals surface area contributed by atoms with Crippen LogP contribution in [0.5, 0.6) is 11.5 Å². The fraction of sp³-hybridized carbons (Fsp3) is 0.267. The topological polar surface area (TPSA) is 98.3 Å². The van der Waals surface area contributed by atoms with Crippen LogP contribution in [-0.2, 0) is 11.4 Å². The van der Waals surface area contributed by atoms with Gasteiger partial charge in [0.25, 0.3) is 0 Å². The first-order chi connectivity index (χ1) is 19.1. The maximum absolute atomic E-state index is 12.2. The van der Waals surface area contributed by atoms with Crippen molar-refractivity contribution in [3.05, 3.63) is 84.4 Å². The number of fused-ring (bicyclic) bond motifs is 1. The zero-order valence-electron chi connectivity index (χ0n) is 21.5. The molecule has 0 spiro atoms. The Morgan fingerprint density at radius 1 is 1.05 bits per heavy atom. The van der Waals surface area contributed by atoms with Crippen molar-refractivity contribution in [1.82, 2.24) is 15.0 Å². The fourth-order valence-corrected chi connectivity index (χ4v) is 4.92.